The lowest BCUT2D eigenvalue weighted by molar-refractivity contribution is -0.172. The molecule has 164 valence electrons. The van der Waals surface area contributed by atoms with Gasteiger partial charge in [-0.25, -0.2) is 0 Å². The molecular weight excluding hydrogens is 362 g/mol. The molecule has 0 unspecified atom stereocenters. The molecule has 4 rings (SSSR count). The van der Waals surface area contributed by atoms with Crippen LogP contribution >= 0.6 is 0 Å². The van der Waals surface area contributed by atoms with Gasteiger partial charge >= 0.3 is 0 Å². The van der Waals surface area contributed by atoms with Gasteiger partial charge in [0.25, 0.3) is 0 Å². The molecule has 4 nitrogen and oxygen atoms in total. The summed E-state index contributed by atoms with van der Waals surface area (Å²) in [6.07, 6.45) is 10.3. The van der Waals surface area contributed by atoms with Crippen LogP contribution in [0.15, 0.2) is 18.2 Å². The molecule has 29 heavy (non-hydrogen) atoms. The first-order valence-corrected chi connectivity index (χ1v) is 11.5. The highest BCUT2D eigenvalue weighted by Gasteiger charge is 2.60. The van der Waals surface area contributed by atoms with Crippen LogP contribution in [0.5, 0.6) is 11.5 Å². The molecule has 0 amide bonds. The number of nitrogens with one attached hydrogen (secondary N) is 1. The summed E-state index contributed by atoms with van der Waals surface area (Å²) in [4.78, 5) is 0. The number of ether oxygens (including phenoxy) is 3. The van der Waals surface area contributed by atoms with E-state index >= 15 is 0 Å². The summed E-state index contributed by atoms with van der Waals surface area (Å²) in [5, 5.41) is 3.54. The molecular formula is C25H41NO3. The van der Waals surface area contributed by atoms with Crippen molar-refractivity contribution in [3.8, 4) is 11.5 Å². The van der Waals surface area contributed by atoms with Gasteiger partial charge in [-0.3, -0.25) is 0 Å². The topological polar surface area (TPSA) is 39.7 Å². The molecule has 3 aliphatic carbocycles. The number of hydrogen-bond acceptors (Lipinski definition) is 4. The van der Waals surface area contributed by atoms with Gasteiger partial charge in [0.2, 0.25) is 0 Å². The Labute approximate surface area is 177 Å². The zero-order valence-electron chi connectivity index (χ0n) is 19.0. The zero-order chi connectivity index (χ0) is 20.7. The Morgan fingerprint density at radius 3 is 2.59 bits per heavy atom. The second kappa shape index (κ2) is 10.2. The standard InChI is InChI=1S/C25H41NO3/c1-24(2)21-8-7-12-25(24,19-21)13-17-29-16-6-5-14-26-15-11-20-9-10-22(27-3)23(18-20)28-4/h9-10,18,21,26H,5-8,11-17,19H2,1-4H3/t21-,25+/m0/s1. The van der Waals surface area contributed by atoms with Gasteiger partial charge in [-0.05, 0) is 92.5 Å². The summed E-state index contributed by atoms with van der Waals surface area (Å²) in [5.41, 5.74) is 2.40. The van der Waals surface area contributed by atoms with E-state index in [0.717, 1.165) is 56.6 Å². The molecule has 1 N–H and O–H groups in total. The Kier molecular flexibility index (Phi) is 7.86. The fourth-order valence-electron chi connectivity index (χ4n) is 5.63. The maximum atomic E-state index is 5.99. The summed E-state index contributed by atoms with van der Waals surface area (Å²) >= 11 is 0. The van der Waals surface area contributed by atoms with E-state index in [9.17, 15) is 0 Å². The minimum atomic E-state index is 0.548. The van der Waals surface area contributed by atoms with Gasteiger partial charge in [-0.2, -0.15) is 0 Å². The minimum Gasteiger partial charge on any atom is -0.493 e. The lowest BCUT2D eigenvalue weighted by Crippen LogP contribution is -2.58. The van der Waals surface area contributed by atoms with Crippen molar-refractivity contribution in [3.05, 3.63) is 23.8 Å². The molecule has 0 aromatic heterocycles. The van der Waals surface area contributed by atoms with Crippen LogP contribution < -0.4 is 14.8 Å². The summed E-state index contributed by atoms with van der Waals surface area (Å²) < 4.78 is 16.6. The van der Waals surface area contributed by atoms with Crippen molar-refractivity contribution >= 4 is 0 Å². The van der Waals surface area contributed by atoms with Gasteiger partial charge in [0.15, 0.2) is 11.5 Å². The van der Waals surface area contributed by atoms with Crippen LogP contribution in [0.2, 0.25) is 0 Å². The predicted molar refractivity (Wildman–Crippen MR) is 119 cm³/mol. The molecule has 0 spiro atoms. The predicted octanol–water partition coefficient (Wildman–Crippen LogP) is 5.24. The summed E-state index contributed by atoms with van der Waals surface area (Å²) in [5.74, 6) is 2.56. The first-order chi connectivity index (χ1) is 14.0. The Morgan fingerprint density at radius 1 is 1.03 bits per heavy atom. The Morgan fingerprint density at radius 2 is 1.86 bits per heavy atom. The minimum absolute atomic E-state index is 0.548. The van der Waals surface area contributed by atoms with Crippen molar-refractivity contribution in [3.63, 3.8) is 0 Å². The number of methoxy groups -OCH3 is 2. The lowest BCUT2D eigenvalue weighted by atomic mass is 9.39. The van der Waals surface area contributed by atoms with E-state index in [4.69, 9.17) is 14.2 Å². The summed E-state index contributed by atoms with van der Waals surface area (Å²) in [7, 11) is 3.35. The van der Waals surface area contributed by atoms with Gasteiger partial charge in [0.05, 0.1) is 14.2 Å². The van der Waals surface area contributed by atoms with Crippen LogP contribution in [0.3, 0.4) is 0 Å². The average Bonchev–Trinajstić information content (AvgIpc) is 2.74. The number of hydrogen-bond donors (Lipinski definition) is 1. The number of benzene rings is 1. The van der Waals surface area contributed by atoms with Crippen molar-refractivity contribution < 1.29 is 14.2 Å². The van der Waals surface area contributed by atoms with E-state index in [0.29, 0.717) is 10.8 Å². The van der Waals surface area contributed by atoms with Crippen molar-refractivity contribution in [1.82, 2.24) is 5.32 Å². The molecule has 1 aromatic rings. The van der Waals surface area contributed by atoms with Gasteiger partial charge in [-0.1, -0.05) is 26.3 Å². The van der Waals surface area contributed by atoms with Gasteiger partial charge in [-0.15, -0.1) is 0 Å². The molecule has 0 heterocycles. The van der Waals surface area contributed by atoms with Crippen molar-refractivity contribution in [2.75, 3.05) is 40.5 Å². The molecule has 3 fully saturated rings. The van der Waals surface area contributed by atoms with Crippen LogP contribution in [0, 0.1) is 16.7 Å². The third kappa shape index (κ3) is 5.08. The van der Waals surface area contributed by atoms with Crippen LogP contribution in [-0.4, -0.2) is 40.5 Å². The molecule has 0 radical (unpaired) electrons. The molecule has 0 aliphatic heterocycles. The lowest BCUT2D eigenvalue weighted by Gasteiger charge is -2.66. The third-order valence-electron chi connectivity index (χ3n) is 7.89. The van der Waals surface area contributed by atoms with Gasteiger partial charge < -0.3 is 19.5 Å². The molecule has 2 bridgehead atoms. The second-order valence-electron chi connectivity index (χ2n) is 9.55. The van der Waals surface area contributed by atoms with E-state index in [2.05, 4.69) is 31.3 Å². The zero-order valence-corrected chi connectivity index (χ0v) is 19.0. The van der Waals surface area contributed by atoms with E-state index < -0.39 is 0 Å². The van der Waals surface area contributed by atoms with E-state index in [1.165, 1.54) is 44.1 Å². The van der Waals surface area contributed by atoms with Crippen LogP contribution in [0.25, 0.3) is 0 Å². The molecule has 3 aliphatic rings. The smallest absolute Gasteiger partial charge is 0.160 e. The third-order valence-corrected chi connectivity index (χ3v) is 7.89. The Hall–Kier alpha value is -1.26. The molecule has 2 atom stereocenters. The molecule has 0 saturated heterocycles. The number of rotatable bonds is 13. The Bertz CT molecular complexity index is 641. The van der Waals surface area contributed by atoms with E-state index in [-0.39, 0.29) is 0 Å². The number of fused-ring (bicyclic) bond motifs is 2. The molecule has 4 heteroatoms. The van der Waals surface area contributed by atoms with Crippen LogP contribution in [0.1, 0.15) is 64.4 Å². The maximum absolute atomic E-state index is 5.99. The largest absolute Gasteiger partial charge is 0.493 e. The monoisotopic (exact) mass is 403 g/mol. The average molecular weight is 404 g/mol. The van der Waals surface area contributed by atoms with Crippen LogP contribution in [-0.2, 0) is 11.2 Å². The summed E-state index contributed by atoms with van der Waals surface area (Å²) in [6.45, 7) is 8.87. The highest BCUT2D eigenvalue weighted by Crippen LogP contribution is 2.69. The maximum Gasteiger partial charge on any atom is 0.160 e. The summed E-state index contributed by atoms with van der Waals surface area (Å²) in [6, 6.07) is 6.14. The highest BCUT2D eigenvalue weighted by atomic mass is 16.5. The van der Waals surface area contributed by atoms with Gasteiger partial charge in [0, 0.05) is 13.2 Å². The van der Waals surface area contributed by atoms with Crippen molar-refractivity contribution in [2.45, 2.75) is 65.2 Å². The van der Waals surface area contributed by atoms with Crippen molar-refractivity contribution in [2.24, 2.45) is 16.7 Å². The first kappa shape index (κ1) is 22.4. The Balaban J connectivity index is 1.20. The normalized spacial score (nSPS) is 24.8. The first-order valence-electron chi connectivity index (χ1n) is 11.5. The van der Waals surface area contributed by atoms with E-state index in [1.807, 2.05) is 6.07 Å². The fourth-order valence-corrected chi connectivity index (χ4v) is 5.63. The van der Waals surface area contributed by atoms with E-state index in [1.54, 1.807) is 14.2 Å². The van der Waals surface area contributed by atoms with Gasteiger partial charge in [0.1, 0.15) is 0 Å². The second-order valence-corrected chi connectivity index (χ2v) is 9.55. The quantitative estimate of drug-likeness (QED) is 0.457. The number of unbranched alkanes of at least 4 members (excludes halogenated alkanes) is 1. The SMILES string of the molecule is COc1ccc(CCNCCCCOCC[C@]23CCC[C@@H](C2)C3(C)C)cc1OC. The van der Waals surface area contributed by atoms with Crippen LogP contribution in [0.4, 0.5) is 0 Å². The highest BCUT2D eigenvalue weighted by molar-refractivity contribution is 5.42. The molecule has 1 aromatic carbocycles. The molecule has 3 saturated carbocycles. The van der Waals surface area contributed by atoms with Crippen molar-refractivity contribution in [1.29, 1.82) is 0 Å². The fraction of sp³-hybridized carbons (Fsp3) is 0.760.